The van der Waals surface area contributed by atoms with Gasteiger partial charge in [0.1, 0.15) is 0 Å². The van der Waals surface area contributed by atoms with Gasteiger partial charge in [-0.3, -0.25) is 0 Å². The van der Waals surface area contributed by atoms with Crippen molar-refractivity contribution in [1.29, 1.82) is 0 Å². The molecule has 1 unspecified atom stereocenters. The summed E-state index contributed by atoms with van der Waals surface area (Å²) in [5, 5.41) is 7.14. The maximum absolute atomic E-state index is 5.97. The third-order valence-corrected chi connectivity index (χ3v) is 4.74. The lowest BCUT2D eigenvalue weighted by atomic mass is 9.99. The lowest BCUT2D eigenvalue weighted by molar-refractivity contribution is 0.498. The smallest absolute Gasteiger partial charge is 0.0931 e. The molecule has 0 radical (unpaired) electrons. The highest BCUT2D eigenvalue weighted by Crippen LogP contribution is 2.26. The van der Waals surface area contributed by atoms with Gasteiger partial charge in [0.25, 0.3) is 0 Å². The second-order valence-corrected chi connectivity index (χ2v) is 6.60. The number of benzene rings is 1. The van der Waals surface area contributed by atoms with Gasteiger partial charge < -0.3 is 10.6 Å². The van der Waals surface area contributed by atoms with E-state index in [0.29, 0.717) is 6.04 Å². The van der Waals surface area contributed by atoms with Gasteiger partial charge in [-0.05, 0) is 36.2 Å². The molecule has 1 aliphatic heterocycles. The van der Waals surface area contributed by atoms with E-state index < -0.39 is 0 Å². The molecule has 0 saturated heterocycles. The maximum Gasteiger partial charge on any atom is 0.0931 e. The van der Waals surface area contributed by atoms with Gasteiger partial charge in [0.2, 0.25) is 0 Å². The molecule has 2 nitrogen and oxygen atoms in total. The van der Waals surface area contributed by atoms with Crippen LogP contribution in [-0.2, 0) is 13.1 Å². The zero-order valence-electron chi connectivity index (χ0n) is 10.7. The van der Waals surface area contributed by atoms with E-state index in [1.54, 1.807) is 11.3 Å². The summed E-state index contributed by atoms with van der Waals surface area (Å²) < 4.78 is 0.861. The summed E-state index contributed by atoms with van der Waals surface area (Å²) in [4.78, 5) is 1.29. The molecule has 0 bridgehead atoms. The van der Waals surface area contributed by atoms with Gasteiger partial charge in [0.05, 0.1) is 4.34 Å². The Morgan fingerprint density at radius 1 is 1.26 bits per heavy atom. The molecule has 2 aromatic rings. The van der Waals surface area contributed by atoms with Crippen LogP contribution in [0.3, 0.4) is 0 Å². The summed E-state index contributed by atoms with van der Waals surface area (Å²) in [6, 6.07) is 13.2. The molecule has 2 N–H and O–H groups in total. The fourth-order valence-electron chi connectivity index (χ4n) is 2.54. The molecule has 0 aliphatic carbocycles. The van der Waals surface area contributed by atoms with Crippen LogP contribution in [0.2, 0.25) is 4.34 Å². The van der Waals surface area contributed by atoms with Crippen LogP contribution in [0, 0.1) is 0 Å². The third kappa shape index (κ3) is 3.18. The van der Waals surface area contributed by atoms with E-state index >= 15 is 0 Å². The highest BCUT2D eigenvalue weighted by Gasteiger charge is 2.17. The van der Waals surface area contributed by atoms with Gasteiger partial charge >= 0.3 is 0 Å². The Bertz CT molecular complexity index is 553. The molecule has 19 heavy (non-hydrogen) atoms. The summed E-state index contributed by atoms with van der Waals surface area (Å²) in [5.41, 5.74) is 2.83. The Morgan fingerprint density at radius 3 is 3.00 bits per heavy atom. The summed E-state index contributed by atoms with van der Waals surface area (Å²) in [6.45, 7) is 2.91. The lowest BCUT2D eigenvalue weighted by Gasteiger charge is -2.18. The van der Waals surface area contributed by atoms with Gasteiger partial charge in [-0.15, -0.1) is 11.3 Å². The van der Waals surface area contributed by atoms with E-state index in [1.807, 2.05) is 6.07 Å². The van der Waals surface area contributed by atoms with E-state index in [4.69, 9.17) is 11.6 Å². The predicted octanol–water partition coefficient (Wildman–Crippen LogP) is 3.73. The summed E-state index contributed by atoms with van der Waals surface area (Å²) in [5.74, 6) is 0. The molecule has 0 fully saturated rings. The largest absolute Gasteiger partial charge is 0.313 e. The first-order valence-electron chi connectivity index (χ1n) is 6.59. The number of nitrogens with one attached hydrogen (secondary N) is 2. The second-order valence-electron chi connectivity index (χ2n) is 4.80. The van der Waals surface area contributed by atoms with Crippen molar-refractivity contribution >= 4 is 22.9 Å². The van der Waals surface area contributed by atoms with Crippen LogP contribution in [0.1, 0.15) is 28.5 Å². The van der Waals surface area contributed by atoms with Crippen LogP contribution < -0.4 is 10.6 Å². The van der Waals surface area contributed by atoms with Crippen LogP contribution in [0.15, 0.2) is 36.4 Å². The highest BCUT2D eigenvalue weighted by atomic mass is 35.5. The molecule has 1 aliphatic rings. The first-order valence-corrected chi connectivity index (χ1v) is 7.78. The first-order chi connectivity index (χ1) is 9.33. The quantitative estimate of drug-likeness (QED) is 0.901. The predicted molar refractivity (Wildman–Crippen MR) is 81.7 cm³/mol. The first kappa shape index (κ1) is 13.1. The van der Waals surface area contributed by atoms with Crippen molar-refractivity contribution in [2.24, 2.45) is 0 Å². The fraction of sp³-hybridized carbons (Fsp3) is 0.333. The Hall–Kier alpha value is -0.870. The minimum Gasteiger partial charge on any atom is -0.313 e. The van der Waals surface area contributed by atoms with E-state index in [2.05, 4.69) is 41.0 Å². The average Bonchev–Trinajstić information content (AvgIpc) is 2.73. The van der Waals surface area contributed by atoms with Crippen molar-refractivity contribution in [1.82, 2.24) is 10.6 Å². The van der Waals surface area contributed by atoms with Gasteiger partial charge in [-0.1, -0.05) is 35.9 Å². The van der Waals surface area contributed by atoms with Gasteiger partial charge in [-0.25, -0.2) is 0 Å². The molecule has 4 heteroatoms. The van der Waals surface area contributed by atoms with Crippen LogP contribution in [0.5, 0.6) is 0 Å². The molecule has 100 valence electrons. The number of hydrogen-bond acceptors (Lipinski definition) is 3. The van der Waals surface area contributed by atoms with Crippen LogP contribution in [0.25, 0.3) is 0 Å². The van der Waals surface area contributed by atoms with Crippen LogP contribution >= 0.6 is 22.9 Å². The van der Waals surface area contributed by atoms with Crippen molar-refractivity contribution in [3.63, 3.8) is 0 Å². The zero-order valence-corrected chi connectivity index (χ0v) is 12.2. The van der Waals surface area contributed by atoms with Crippen molar-refractivity contribution in [2.45, 2.75) is 25.6 Å². The van der Waals surface area contributed by atoms with Gasteiger partial charge in [-0.2, -0.15) is 0 Å². The van der Waals surface area contributed by atoms with E-state index in [-0.39, 0.29) is 0 Å². The molecule has 2 heterocycles. The molecular weight excluding hydrogens is 276 g/mol. The van der Waals surface area contributed by atoms with Crippen molar-refractivity contribution < 1.29 is 0 Å². The molecule has 1 aromatic carbocycles. The number of fused-ring (bicyclic) bond motifs is 1. The number of rotatable bonds is 3. The Labute approximate surface area is 122 Å². The fourth-order valence-corrected chi connectivity index (χ4v) is 3.58. The molecule has 0 saturated carbocycles. The van der Waals surface area contributed by atoms with Crippen LogP contribution in [-0.4, -0.2) is 6.54 Å². The maximum atomic E-state index is 5.97. The van der Waals surface area contributed by atoms with Crippen molar-refractivity contribution in [2.75, 3.05) is 6.54 Å². The average molecular weight is 293 g/mol. The zero-order chi connectivity index (χ0) is 13.1. The summed E-state index contributed by atoms with van der Waals surface area (Å²) in [6.07, 6.45) is 1.12. The van der Waals surface area contributed by atoms with Crippen LogP contribution in [0.4, 0.5) is 0 Å². The standard InChI is InChI=1S/C15H17ClN2S/c16-15-6-5-12(19-15)10-18-14-7-8-17-9-11-3-1-2-4-13(11)14/h1-6,14,17-18H,7-10H2. The summed E-state index contributed by atoms with van der Waals surface area (Å²) in [7, 11) is 0. The third-order valence-electron chi connectivity index (χ3n) is 3.51. The molecule has 1 aromatic heterocycles. The van der Waals surface area contributed by atoms with Gasteiger partial charge in [0, 0.05) is 24.0 Å². The van der Waals surface area contributed by atoms with E-state index in [0.717, 1.165) is 30.4 Å². The Balaban J connectivity index is 1.73. The monoisotopic (exact) mass is 292 g/mol. The van der Waals surface area contributed by atoms with Crippen molar-refractivity contribution in [3.8, 4) is 0 Å². The Morgan fingerprint density at radius 2 is 2.16 bits per heavy atom. The topological polar surface area (TPSA) is 24.1 Å². The SMILES string of the molecule is Clc1ccc(CNC2CCNCc3ccccc32)s1. The minimum absolute atomic E-state index is 0.423. The highest BCUT2D eigenvalue weighted by molar-refractivity contribution is 7.16. The van der Waals surface area contributed by atoms with E-state index in [9.17, 15) is 0 Å². The number of halogens is 1. The molecule has 1 atom stereocenters. The molecule has 3 rings (SSSR count). The lowest BCUT2D eigenvalue weighted by Crippen LogP contribution is -2.22. The van der Waals surface area contributed by atoms with Crippen molar-refractivity contribution in [3.05, 3.63) is 56.7 Å². The second kappa shape index (κ2) is 6.06. The molecular formula is C15H17ClN2S. The van der Waals surface area contributed by atoms with E-state index in [1.165, 1.54) is 16.0 Å². The molecule has 0 spiro atoms. The Kier molecular flexibility index (Phi) is 4.18. The number of thiophene rings is 1. The normalized spacial score (nSPS) is 18.9. The van der Waals surface area contributed by atoms with Gasteiger partial charge in [0.15, 0.2) is 0 Å². The summed E-state index contributed by atoms with van der Waals surface area (Å²) >= 11 is 7.62. The minimum atomic E-state index is 0.423. The number of hydrogen-bond donors (Lipinski definition) is 2. The molecule has 0 amide bonds.